The lowest BCUT2D eigenvalue weighted by Gasteiger charge is -2.24. The molecular formula is C34H25N3O4S2. The Morgan fingerprint density at radius 2 is 1.63 bits per heavy atom. The van der Waals surface area contributed by atoms with Crippen LogP contribution in [-0.2, 0) is 20.9 Å². The molecule has 212 valence electrons. The van der Waals surface area contributed by atoms with E-state index in [1.54, 1.807) is 16.4 Å². The predicted octanol–water partition coefficient (Wildman–Crippen LogP) is 4.91. The maximum atomic E-state index is 14.4. The second-order valence-electron chi connectivity index (χ2n) is 10.0. The number of benzene rings is 3. The largest absolute Gasteiger partial charge is 0.463 e. The van der Waals surface area contributed by atoms with Gasteiger partial charge in [0.1, 0.15) is 10.6 Å². The molecule has 3 aromatic carbocycles. The van der Waals surface area contributed by atoms with E-state index in [4.69, 9.17) is 9.73 Å². The van der Waals surface area contributed by atoms with E-state index < -0.39 is 12.0 Å². The molecule has 7 nitrogen and oxygen atoms in total. The van der Waals surface area contributed by atoms with Crippen LogP contribution in [0.25, 0.3) is 11.3 Å². The van der Waals surface area contributed by atoms with Crippen molar-refractivity contribution >= 4 is 51.5 Å². The molecule has 1 atom stereocenters. The summed E-state index contributed by atoms with van der Waals surface area (Å²) in [5.41, 5.74) is 3.92. The highest BCUT2D eigenvalue weighted by molar-refractivity contribution is 7.10. The number of fused-ring (bicyclic) bond motifs is 2. The molecule has 0 saturated heterocycles. The Morgan fingerprint density at radius 3 is 2.35 bits per heavy atom. The first-order chi connectivity index (χ1) is 21.1. The Hall–Kier alpha value is -4.86. The molecule has 0 saturated carbocycles. The highest BCUT2D eigenvalue weighted by Gasteiger charge is 2.38. The maximum Gasteiger partial charge on any atom is 0.338 e. The highest BCUT2D eigenvalue weighted by atomic mass is 32.1. The number of thiazole rings is 1. The molecule has 0 bridgehead atoms. The summed E-state index contributed by atoms with van der Waals surface area (Å²) < 4.78 is 7.37. The lowest BCUT2D eigenvalue weighted by atomic mass is 9.97. The van der Waals surface area contributed by atoms with Crippen LogP contribution < -0.4 is 19.8 Å². The topological polar surface area (TPSA) is 81.0 Å². The number of esters is 1. The maximum absolute atomic E-state index is 14.4. The van der Waals surface area contributed by atoms with E-state index in [0.29, 0.717) is 38.3 Å². The van der Waals surface area contributed by atoms with Crippen LogP contribution in [0.5, 0.6) is 0 Å². The number of rotatable bonds is 6. The van der Waals surface area contributed by atoms with Crippen LogP contribution in [0, 0.1) is 0 Å². The SMILES string of the molecule is CCOC(=O)C1=C(c2ccccc2)N=c2s/c(=C3\C(=O)N(Cc4ccccc4)c4ccccc43)c(=O)n2[C@@H]1c1cccs1. The fraction of sp³-hybridized carbons (Fsp3) is 0.118. The zero-order valence-corrected chi connectivity index (χ0v) is 24.7. The van der Waals surface area contributed by atoms with Gasteiger partial charge in [0.2, 0.25) is 0 Å². The Morgan fingerprint density at radius 1 is 0.907 bits per heavy atom. The van der Waals surface area contributed by atoms with Crippen molar-refractivity contribution in [2.24, 2.45) is 4.99 Å². The lowest BCUT2D eigenvalue weighted by molar-refractivity contribution is -0.138. The smallest absolute Gasteiger partial charge is 0.338 e. The Labute approximate surface area is 255 Å². The molecule has 2 aliphatic rings. The minimum Gasteiger partial charge on any atom is -0.463 e. The molecule has 0 unspecified atom stereocenters. The molecule has 0 fully saturated rings. The first-order valence-electron chi connectivity index (χ1n) is 13.9. The van der Waals surface area contributed by atoms with Gasteiger partial charge in [0.25, 0.3) is 11.5 Å². The third kappa shape index (κ3) is 4.57. The first-order valence-corrected chi connectivity index (χ1v) is 15.6. The van der Waals surface area contributed by atoms with Crippen LogP contribution in [0.2, 0.25) is 0 Å². The monoisotopic (exact) mass is 603 g/mol. The number of hydrogen-bond donors (Lipinski definition) is 0. The minimum atomic E-state index is -0.757. The molecule has 4 heterocycles. The zero-order valence-electron chi connectivity index (χ0n) is 23.1. The summed E-state index contributed by atoms with van der Waals surface area (Å²) in [7, 11) is 0. The lowest BCUT2D eigenvalue weighted by Crippen LogP contribution is -2.40. The number of ether oxygens (including phenoxy) is 1. The van der Waals surface area contributed by atoms with Gasteiger partial charge in [-0.15, -0.1) is 11.3 Å². The number of hydrogen-bond acceptors (Lipinski definition) is 7. The summed E-state index contributed by atoms with van der Waals surface area (Å²) in [6.07, 6.45) is 0. The van der Waals surface area contributed by atoms with Gasteiger partial charge in [0, 0.05) is 16.0 Å². The average Bonchev–Trinajstić information content (AvgIpc) is 3.75. The number of anilines is 1. The van der Waals surface area contributed by atoms with E-state index >= 15 is 0 Å². The summed E-state index contributed by atoms with van der Waals surface area (Å²) in [5, 5.41) is 1.91. The highest BCUT2D eigenvalue weighted by Crippen LogP contribution is 2.38. The van der Waals surface area contributed by atoms with Gasteiger partial charge in [-0.2, -0.15) is 0 Å². The van der Waals surface area contributed by atoms with Crippen LogP contribution in [0.4, 0.5) is 5.69 Å². The molecule has 7 rings (SSSR count). The number of thiophene rings is 1. The molecule has 5 aromatic rings. The summed E-state index contributed by atoms with van der Waals surface area (Å²) >= 11 is 2.63. The summed E-state index contributed by atoms with van der Waals surface area (Å²) in [6, 6.07) is 29.8. The van der Waals surface area contributed by atoms with Crippen molar-refractivity contribution in [3.63, 3.8) is 0 Å². The third-order valence-corrected chi connectivity index (χ3v) is 9.47. The normalized spacial score (nSPS) is 17.0. The molecule has 2 aliphatic heterocycles. The van der Waals surface area contributed by atoms with Crippen LogP contribution in [0.15, 0.2) is 118 Å². The first kappa shape index (κ1) is 27.0. The van der Waals surface area contributed by atoms with Crippen molar-refractivity contribution in [1.82, 2.24) is 4.57 Å². The van der Waals surface area contributed by atoms with Gasteiger partial charge < -0.3 is 9.64 Å². The van der Waals surface area contributed by atoms with Crippen LogP contribution in [-0.4, -0.2) is 23.1 Å². The van der Waals surface area contributed by atoms with Crippen molar-refractivity contribution in [3.05, 3.63) is 149 Å². The zero-order chi connectivity index (χ0) is 29.5. The average molecular weight is 604 g/mol. The fourth-order valence-electron chi connectivity index (χ4n) is 5.63. The molecule has 9 heteroatoms. The number of aromatic nitrogens is 1. The van der Waals surface area contributed by atoms with Crippen molar-refractivity contribution < 1.29 is 14.3 Å². The van der Waals surface area contributed by atoms with E-state index in [1.807, 2.05) is 102 Å². The third-order valence-electron chi connectivity index (χ3n) is 7.50. The predicted molar refractivity (Wildman–Crippen MR) is 168 cm³/mol. The quantitative estimate of drug-likeness (QED) is 0.258. The summed E-state index contributed by atoms with van der Waals surface area (Å²) in [5.74, 6) is -0.770. The Balaban J connectivity index is 1.50. The summed E-state index contributed by atoms with van der Waals surface area (Å²) in [6.45, 7) is 2.31. The Bertz CT molecular complexity index is 2080. The molecule has 0 aliphatic carbocycles. The number of carbonyl (C=O) groups is 2. The van der Waals surface area contributed by atoms with Crippen LogP contribution >= 0.6 is 22.7 Å². The van der Waals surface area contributed by atoms with E-state index in [9.17, 15) is 14.4 Å². The van der Waals surface area contributed by atoms with Gasteiger partial charge in [-0.25, -0.2) is 9.79 Å². The van der Waals surface area contributed by atoms with Gasteiger partial charge in [0.05, 0.1) is 35.7 Å². The van der Waals surface area contributed by atoms with Gasteiger partial charge >= 0.3 is 5.97 Å². The van der Waals surface area contributed by atoms with Crippen molar-refractivity contribution in [2.45, 2.75) is 19.5 Å². The van der Waals surface area contributed by atoms with E-state index in [2.05, 4.69) is 0 Å². The molecule has 0 spiro atoms. The van der Waals surface area contributed by atoms with Gasteiger partial charge in [-0.05, 0) is 30.0 Å². The van der Waals surface area contributed by atoms with Crippen LogP contribution in [0.3, 0.4) is 0 Å². The van der Waals surface area contributed by atoms with Gasteiger partial charge in [0.15, 0.2) is 4.80 Å². The van der Waals surface area contributed by atoms with Crippen molar-refractivity contribution in [1.29, 1.82) is 0 Å². The van der Waals surface area contributed by atoms with Crippen molar-refractivity contribution in [3.8, 4) is 0 Å². The van der Waals surface area contributed by atoms with E-state index in [1.165, 1.54) is 22.7 Å². The Kier molecular flexibility index (Phi) is 6.96. The molecular weight excluding hydrogens is 579 g/mol. The molecule has 0 N–H and O–H groups in total. The number of carbonyl (C=O) groups excluding carboxylic acids is 2. The van der Waals surface area contributed by atoms with E-state index in [-0.39, 0.29) is 18.1 Å². The number of nitrogens with zero attached hydrogens (tertiary/aromatic N) is 3. The van der Waals surface area contributed by atoms with E-state index in [0.717, 1.165) is 21.7 Å². The number of amides is 1. The standard InChI is InChI=1S/C34H25N3O4S2/c1-2-41-33(40)27-28(22-14-7-4-8-15-22)35-34-37(29(27)25-18-11-19-42-25)32(39)30(43-34)26-23-16-9-10-17-24(23)36(31(26)38)20-21-12-5-3-6-13-21/h3-19,29H,2,20H2,1H3/b30-26-/t29-/m1/s1. The number of para-hydroxylation sites is 1. The molecule has 0 radical (unpaired) electrons. The molecule has 2 aromatic heterocycles. The molecule has 1 amide bonds. The summed E-state index contributed by atoms with van der Waals surface area (Å²) in [4.78, 5) is 50.0. The van der Waals surface area contributed by atoms with Crippen molar-refractivity contribution in [2.75, 3.05) is 11.5 Å². The van der Waals surface area contributed by atoms with Gasteiger partial charge in [-0.1, -0.05) is 96.3 Å². The second kappa shape index (κ2) is 11.1. The second-order valence-corrected chi connectivity index (χ2v) is 12.0. The molecule has 43 heavy (non-hydrogen) atoms. The minimum absolute atomic E-state index is 0.179. The van der Waals surface area contributed by atoms with Gasteiger partial charge in [-0.3, -0.25) is 14.2 Å². The fourth-order valence-corrected chi connectivity index (χ4v) is 7.54. The van der Waals surface area contributed by atoms with Crippen LogP contribution in [0.1, 0.15) is 34.5 Å².